The van der Waals surface area contributed by atoms with Crippen molar-refractivity contribution in [3.05, 3.63) is 28.2 Å². The largest absolute Gasteiger partial charge is 0.396 e. The number of aliphatic hydroxyl groups excluding tert-OH is 1. The first-order valence-corrected chi connectivity index (χ1v) is 5.73. The van der Waals surface area contributed by atoms with Crippen LogP contribution in [-0.4, -0.2) is 18.0 Å². The van der Waals surface area contributed by atoms with E-state index in [1.165, 1.54) is 10.5 Å². The first kappa shape index (κ1) is 10.1. The van der Waals surface area contributed by atoms with Crippen molar-refractivity contribution < 1.29 is 5.11 Å². The van der Waals surface area contributed by atoms with E-state index in [1.807, 2.05) is 18.4 Å². The SMILES string of the molecule is CSc1cccc(Br)c1CCO. The molecule has 0 atom stereocenters. The van der Waals surface area contributed by atoms with Gasteiger partial charge in [-0.15, -0.1) is 11.8 Å². The quantitative estimate of drug-likeness (QED) is 0.829. The Morgan fingerprint density at radius 3 is 2.83 bits per heavy atom. The first-order chi connectivity index (χ1) is 5.79. The highest BCUT2D eigenvalue weighted by Gasteiger charge is 2.03. The Bertz CT molecular complexity index is 263. The summed E-state index contributed by atoms with van der Waals surface area (Å²) in [4.78, 5) is 1.23. The Hall–Kier alpha value is 0.01000. The van der Waals surface area contributed by atoms with Crippen LogP contribution < -0.4 is 0 Å². The van der Waals surface area contributed by atoms with E-state index in [0.717, 1.165) is 10.9 Å². The second-order valence-electron chi connectivity index (χ2n) is 2.39. The highest BCUT2D eigenvalue weighted by molar-refractivity contribution is 9.10. The summed E-state index contributed by atoms with van der Waals surface area (Å²) in [6.45, 7) is 0.205. The minimum atomic E-state index is 0.205. The average molecular weight is 247 g/mol. The Balaban J connectivity index is 3.02. The average Bonchev–Trinajstić information content (AvgIpc) is 2.09. The van der Waals surface area contributed by atoms with E-state index in [4.69, 9.17) is 5.11 Å². The molecule has 1 aromatic carbocycles. The molecule has 1 rings (SSSR count). The summed E-state index contributed by atoms with van der Waals surface area (Å²) in [7, 11) is 0. The van der Waals surface area contributed by atoms with Crippen LogP contribution in [0.4, 0.5) is 0 Å². The minimum Gasteiger partial charge on any atom is -0.396 e. The molecule has 1 nitrogen and oxygen atoms in total. The van der Waals surface area contributed by atoms with E-state index in [1.54, 1.807) is 11.8 Å². The van der Waals surface area contributed by atoms with Gasteiger partial charge in [0, 0.05) is 16.0 Å². The standard InChI is InChI=1S/C9H11BrOS/c1-12-9-4-2-3-8(10)7(9)5-6-11/h2-4,11H,5-6H2,1H3. The van der Waals surface area contributed by atoms with Crippen molar-refractivity contribution in [2.24, 2.45) is 0 Å². The fourth-order valence-corrected chi connectivity index (χ4v) is 2.45. The van der Waals surface area contributed by atoms with Crippen LogP contribution in [0, 0.1) is 0 Å². The van der Waals surface area contributed by atoms with Crippen LogP contribution in [0.1, 0.15) is 5.56 Å². The van der Waals surface area contributed by atoms with Gasteiger partial charge in [-0.25, -0.2) is 0 Å². The summed E-state index contributed by atoms with van der Waals surface area (Å²) in [5.41, 5.74) is 1.20. The second-order valence-corrected chi connectivity index (χ2v) is 4.10. The predicted molar refractivity (Wildman–Crippen MR) is 56.7 cm³/mol. The van der Waals surface area contributed by atoms with Gasteiger partial charge in [0.2, 0.25) is 0 Å². The van der Waals surface area contributed by atoms with Crippen LogP contribution in [0.15, 0.2) is 27.6 Å². The fourth-order valence-electron chi connectivity index (χ4n) is 1.08. The fraction of sp³-hybridized carbons (Fsp3) is 0.333. The molecule has 12 heavy (non-hydrogen) atoms. The molecular formula is C9H11BrOS. The second kappa shape index (κ2) is 4.90. The van der Waals surface area contributed by atoms with Crippen molar-refractivity contribution >= 4 is 27.7 Å². The predicted octanol–water partition coefficient (Wildman–Crippen LogP) is 2.71. The smallest absolute Gasteiger partial charge is 0.0472 e. The van der Waals surface area contributed by atoms with Crippen LogP contribution in [0.5, 0.6) is 0 Å². The molecule has 66 valence electrons. The van der Waals surface area contributed by atoms with E-state index < -0.39 is 0 Å². The molecule has 3 heteroatoms. The number of hydrogen-bond acceptors (Lipinski definition) is 2. The van der Waals surface area contributed by atoms with Crippen molar-refractivity contribution in [3.63, 3.8) is 0 Å². The molecule has 1 N–H and O–H groups in total. The molecule has 0 aliphatic rings. The molecule has 0 radical (unpaired) electrons. The van der Waals surface area contributed by atoms with Gasteiger partial charge < -0.3 is 5.11 Å². The highest BCUT2D eigenvalue weighted by Crippen LogP contribution is 2.27. The summed E-state index contributed by atoms with van der Waals surface area (Å²) < 4.78 is 1.09. The van der Waals surface area contributed by atoms with Gasteiger partial charge in [0.15, 0.2) is 0 Å². The van der Waals surface area contributed by atoms with Crippen molar-refractivity contribution in [2.75, 3.05) is 12.9 Å². The van der Waals surface area contributed by atoms with Gasteiger partial charge >= 0.3 is 0 Å². The van der Waals surface area contributed by atoms with Gasteiger partial charge in [0.05, 0.1) is 0 Å². The summed E-state index contributed by atoms with van der Waals surface area (Å²) in [5, 5.41) is 8.83. The molecule has 0 aliphatic carbocycles. The normalized spacial score (nSPS) is 10.2. The number of thioether (sulfide) groups is 1. The zero-order valence-electron chi connectivity index (χ0n) is 6.88. The lowest BCUT2D eigenvalue weighted by atomic mass is 10.2. The number of rotatable bonds is 3. The number of aliphatic hydroxyl groups is 1. The third kappa shape index (κ3) is 2.25. The zero-order chi connectivity index (χ0) is 8.97. The van der Waals surface area contributed by atoms with Gasteiger partial charge in [-0.2, -0.15) is 0 Å². The third-order valence-corrected chi connectivity index (χ3v) is 3.22. The maximum absolute atomic E-state index is 8.83. The Kier molecular flexibility index (Phi) is 4.12. The molecule has 0 unspecified atom stereocenters. The van der Waals surface area contributed by atoms with Gasteiger partial charge in [-0.1, -0.05) is 22.0 Å². The molecule has 0 saturated carbocycles. The maximum Gasteiger partial charge on any atom is 0.0472 e. The Morgan fingerprint density at radius 1 is 1.50 bits per heavy atom. The number of benzene rings is 1. The van der Waals surface area contributed by atoms with Gasteiger partial charge in [0.1, 0.15) is 0 Å². The summed E-state index contributed by atoms with van der Waals surface area (Å²) in [6, 6.07) is 6.09. The van der Waals surface area contributed by atoms with E-state index in [0.29, 0.717) is 0 Å². The van der Waals surface area contributed by atoms with Crippen molar-refractivity contribution in [2.45, 2.75) is 11.3 Å². The van der Waals surface area contributed by atoms with Crippen molar-refractivity contribution in [1.82, 2.24) is 0 Å². The van der Waals surface area contributed by atoms with Crippen LogP contribution in [0.3, 0.4) is 0 Å². The Morgan fingerprint density at radius 2 is 2.25 bits per heavy atom. The first-order valence-electron chi connectivity index (χ1n) is 3.72. The molecule has 1 aromatic rings. The van der Waals surface area contributed by atoms with Crippen LogP contribution in [-0.2, 0) is 6.42 Å². The maximum atomic E-state index is 8.83. The summed E-state index contributed by atoms with van der Waals surface area (Å²) in [5.74, 6) is 0. The molecule has 0 aromatic heterocycles. The highest BCUT2D eigenvalue weighted by atomic mass is 79.9. The van der Waals surface area contributed by atoms with Crippen molar-refractivity contribution in [1.29, 1.82) is 0 Å². The van der Waals surface area contributed by atoms with Gasteiger partial charge in [0.25, 0.3) is 0 Å². The lowest BCUT2D eigenvalue weighted by Crippen LogP contribution is -1.94. The van der Waals surface area contributed by atoms with E-state index in [2.05, 4.69) is 22.0 Å². The van der Waals surface area contributed by atoms with Crippen molar-refractivity contribution in [3.8, 4) is 0 Å². The van der Waals surface area contributed by atoms with Gasteiger partial charge in [-0.3, -0.25) is 0 Å². The summed E-state index contributed by atoms with van der Waals surface area (Å²) in [6.07, 6.45) is 2.76. The van der Waals surface area contributed by atoms with Gasteiger partial charge in [-0.05, 0) is 30.4 Å². The molecule has 0 aliphatic heterocycles. The zero-order valence-corrected chi connectivity index (χ0v) is 9.28. The number of halogens is 1. The molecule has 0 amide bonds. The molecule has 0 spiro atoms. The molecule has 0 fully saturated rings. The molecular weight excluding hydrogens is 236 g/mol. The van der Waals surface area contributed by atoms with E-state index in [9.17, 15) is 0 Å². The molecule has 0 heterocycles. The lowest BCUT2D eigenvalue weighted by molar-refractivity contribution is 0.298. The molecule has 0 bridgehead atoms. The van der Waals surface area contributed by atoms with Crippen LogP contribution in [0.25, 0.3) is 0 Å². The Labute approximate surface area is 85.3 Å². The molecule has 0 saturated heterocycles. The number of hydrogen-bond donors (Lipinski definition) is 1. The third-order valence-electron chi connectivity index (χ3n) is 1.66. The monoisotopic (exact) mass is 246 g/mol. The van der Waals surface area contributed by atoms with E-state index >= 15 is 0 Å². The van der Waals surface area contributed by atoms with Crippen LogP contribution in [0.2, 0.25) is 0 Å². The topological polar surface area (TPSA) is 20.2 Å². The summed E-state index contributed by atoms with van der Waals surface area (Å²) >= 11 is 5.17. The minimum absolute atomic E-state index is 0.205. The lowest BCUT2D eigenvalue weighted by Gasteiger charge is -2.07. The van der Waals surface area contributed by atoms with Crippen LogP contribution >= 0.6 is 27.7 Å². The van der Waals surface area contributed by atoms with E-state index in [-0.39, 0.29) is 6.61 Å².